The highest BCUT2D eigenvalue weighted by Gasteiger charge is 2.08. The van der Waals surface area contributed by atoms with Crippen LogP contribution in [0.3, 0.4) is 0 Å². The molecule has 164 valence electrons. The van der Waals surface area contributed by atoms with Crippen molar-refractivity contribution in [3.8, 4) is 5.75 Å². The summed E-state index contributed by atoms with van der Waals surface area (Å²) in [5.41, 5.74) is 6.34. The van der Waals surface area contributed by atoms with Crippen LogP contribution in [0.2, 0.25) is 0 Å². The number of hydrazine groups is 1. The third-order valence-electron chi connectivity index (χ3n) is 4.46. The second kappa shape index (κ2) is 11.1. The first kappa shape index (κ1) is 23.0. The van der Waals surface area contributed by atoms with Gasteiger partial charge in [0.2, 0.25) is 5.91 Å². The van der Waals surface area contributed by atoms with Gasteiger partial charge in [-0.25, -0.2) is 0 Å². The van der Waals surface area contributed by atoms with E-state index in [1.807, 2.05) is 42.5 Å². The minimum absolute atomic E-state index is 0.0113. The second-order valence-corrected chi connectivity index (χ2v) is 7.94. The summed E-state index contributed by atoms with van der Waals surface area (Å²) >= 11 is 5.07. The van der Waals surface area contributed by atoms with E-state index in [-0.39, 0.29) is 11.0 Å². The zero-order valence-corrected chi connectivity index (χ0v) is 18.7. The van der Waals surface area contributed by atoms with Crippen LogP contribution in [-0.2, 0) is 4.79 Å². The summed E-state index contributed by atoms with van der Waals surface area (Å²) in [5.74, 6) is 0.323. The minimum atomic E-state index is -0.406. The van der Waals surface area contributed by atoms with E-state index in [1.165, 1.54) is 6.08 Å². The molecule has 0 heterocycles. The number of carbonyl (C=O) groups is 2. The molecule has 6 nitrogen and oxygen atoms in total. The zero-order chi connectivity index (χ0) is 22.9. The van der Waals surface area contributed by atoms with Crippen LogP contribution in [0.4, 0.5) is 0 Å². The van der Waals surface area contributed by atoms with Gasteiger partial charge >= 0.3 is 0 Å². The first-order chi connectivity index (χ1) is 15.4. The fourth-order valence-corrected chi connectivity index (χ4v) is 3.05. The molecule has 0 bridgehead atoms. The van der Waals surface area contributed by atoms with Crippen molar-refractivity contribution in [2.75, 3.05) is 6.61 Å². The lowest BCUT2D eigenvalue weighted by Gasteiger charge is -2.11. The number of rotatable bonds is 6. The second-order valence-electron chi connectivity index (χ2n) is 7.53. The Bertz CT molecular complexity index is 1140. The number of hydrogen-bond acceptors (Lipinski definition) is 4. The molecule has 2 amide bonds. The Labute approximate surface area is 192 Å². The van der Waals surface area contributed by atoms with Gasteiger partial charge in [0.15, 0.2) is 5.11 Å². The van der Waals surface area contributed by atoms with Gasteiger partial charge in [-0.15, -0.1) is 0 Å². The van der Waals surface area contributed by atoms with Crippen molar-refractivity contribution in [3.05, 3.63) is 83.9 Å². The van der Waals surface area contributed by atoms with Crippen LogP contribution < -0.4 is 20.9 Å². The number of ether oxygens (including phenoxy) is 1. The van der Waals surface area contributed by atoms with Gasteiger partial charge in [0.25, 0.3) is 5.91 Å². The van der Waals surface area contributed by atoms with Crippen molar-refractivity contribution in [2.24, 2.45) is 5.92 Å². The highest BCUT2D eigenvalue weighted by molar-refractivity contribution is 7.80. The van der Waals surface area contributed by atoms with Gasteiger partial charge in [0.05, 0.1) is 6.61 Å². The van der Waals surface area contributed by atoms with Crippen LogP contribution in [-0.4, -0.2) is 23.5 Å². The van der Waals surface area contributed by atoms with Crippen LogP contribution in [0.15, 0.2) is 72.8 Å². The van der Waals surface area contributed by atoms with Crippen molar-refractivity contribution in [1.82, 2.24) is 16.2 Å². The molecule has 0 aliphatic heterocycles. The first-order valence-corrected chi connectivity index (χ1v) is 10.6. The maximum Gasteiger partial charge on any atom is 0.269 e. The molecule has 7 heteroatoms. The lowest BCUT2D eigenvalue weighted by Crippen LogP contribution is -2.48. The Morgan fingerprint density at radius 3 is 2.44 bits per heavy atom. The Morgan fingerprint density at radius 2 is 1.69 bits per heavy atom. The van der Waals surface area contributed by atoms with Gasteiger partial charge < -0.3 is 4.74 Å². The molecule has 0 aromatic heterocycles. The molecule has 0 saturated heterocycles. The summed E-state index contributed by atoms with van der Waals surface area (Å²) in [6.45, 7) is 4.74. The maximum atomic E-state index is 12.2. The summed E-state index contributed by atoms with van der Waals surface area (Å²) in [6.07, 6.45) is 3.12. The molecule has 3 N–H and O–H groups in total. The molecule has 0 spiro atoms. The van der Waals surface area contributed by atoms with Crippen molar-refractivity contribution in [2.45, 2.75) is 13.8 Å². The van der Waals surface area contributed by atoms with Gasteiger partial charge in [-0.3, -0.25) is 25.8 Å². The summed E-state index contributed by atoms with van der Waals surface area (Å²) in [4.78, 5) is 24.4. The van der Waals surface area contributed by atoms with Crippen LogP contribution in [0.25, 0.3) is 16.8 Å². The topological polar surface area (TPSA) is 79.5 Å². The maximum absolute atomic E-state index is 12.2. The molecule has 0 aliphatic carbocycles. The van der Waals surface area contributed by atoms with Crippen LogP contribution in [0.5, 0.6) is 5.75 Å². The van der Waals surface area contributed by atoms with E-state index in [0.29, 0.717) is 23.8 Å². The number of amides is 2. The minimum Gasteiger partial charge on any atom is -0.493 e. The van der Waals surface area contributed by atoms with Crippen molar-refractivity contribution >= 4 is 46.0 Å². The van der Waals surface area contributed by atoms with E-state index < -0.39 is 5.91 Å². The quantitative estimate of drug-likeness (QED) is 0.300. The zero-order valence-electron chi connectivity index (χ0n) is 17.9. The van der Waals surface area contributed by atoms with Crippen molar-refractivity contribution in [3.63, 3.8) is 0 Å². The average molecular weight is 448 g/mol. The third kappa shape index (κ3) is 6.65. The fraction of sp³-hybridized carbons (Fsp3) is 0.160. The molecule has 3 aromatic carbocycles. The first-order valence-electron chi connectivity index (χ1n) is 10.2. The molecular formula is C25H25N3O3S. The number of hydrogen-bond donors (Lipinski definition) is 3. The Morgan fingerprint density at radius 1 is 0.969 bits per heavy atom. The van der Waals surface area contributed by atoms with Gasteiger partial charge in [-0.1, -0.05) is 56.3 Å². The van der Waals surface area contributed by atoms with E-state index in [2.05, 4.69) is 30.0 Å². The smallest absolute Gasteiger partial charge is 0.269 e. The average Bonchev–Trinajstić information content (AvgIpc) is 2.80. The van der Waals surface area contributed by atoms with E-state index in [0.717, 1.165) is 16.3 Å². The summed E-state index contributed by atoms with van der Waals surface area (Å²) in [5, 5.41) is 4.63. The monoisotopic (exact) mass is 447 g/mol. The van der Waals surface area contributed by atoms with E-state index in [9.17, 15) is 9.59 Å². The van der Waals surface area contributed by atoms with E-state index >= 15 is 0 Å². The fourth-order valence-electron chi connectivity index (χ4n) is 2.90. The van der Waals surface area contributed by atoms with E-state index in [4.69, 9.17) is 17.0 Å². The largest absolute Gasteiger partial charge is 0.493 e. The predicted molar refractivity (Wildman–Crippen MR) is 131 cm³/mol. The van der Waals surface area contributed by atoms with Crippen molar-refractivity contribution < 1.29 is 14.3 Å². The van der Waals surface area contributed by atoms with Crippen LogP contribution in [0.1, 0.15) is 29.8 Å². The van der Waals surface area contributed by atoms with Crippen molar-refractivity contribution in [1.29, 1.82) is 0 Å². The predicted octanol–water partition coefficient (Wildman–Crippen LogP) is 4.22. The summed E-state index contributed by atoms with van der Waals surface area (Å²) < 4.78 is 5.60. The molecule has 3 aromatic rings. The summed E-state index contributed by atoms with van der Waals surface area (Å²) in [7, 11) is 0. The van der Waals surface area contributed by atoms with E-state index in [1.54, 1.807) is 30.3 Å². The number of benzene rings is 3. The Balaban J connectivity index is 1.48. The Hall–Kier alpha value is -3.71. The molecular weight excluding hydrogens is 422 g/mol. The number of thiocarbonyl (C=S) groups is 1. The Kier molecular flexibility index (Phi) is 7.94. The molecule has 0 radical (unpaired) electrons. The normalized spacial score (nSPS) is 10.8. The van der Waals surface area contributed by atoms with Crippen LogP contribution >= 0.6 is 12.2 Å². The molecule has 0 atom stereocenters. The standard InChI is InChI=1S/C25H25N3O3S/c1-17(2)16-31-21-13-10-20(11-14-21)24(30)27-28-25(32)26-23(29)15-12-19-8-5-7-18-6-3-4-9-22(18)19/h3-15,17H,16H2,1-2H3,(H,27,30)(H2,26,28,29,32)/b15-12+. The molecule has 0 unspecified atom stereocenters. The molecule has 0 saturated carbocycles. The van der Waals surface area contributed by atoms with Gasteiger partial charge in [0, 0.05) is 11.6 Å². The van der Waals surface area contributed by atoms with Gasteiger partial charge in [-0.05, 0) is 64.8 Å². The lowest BCUT2D eigenvalue weighted by molar-refractivity contribution is -0.115. The highest BCUT2D eigenvalue weighted by atomic mass is 32.1. The molecule has 32 heavy (non-hydrogen) atoms. The highest BCUT2D eigenvalue weighted by Crippen LogP contribution is 2.19. The third-order valence-corrected chi connectivity index (χ3v) is 4.67. The molecule has 0 fully saturated rings. The number of carbonyl (C=O) groups excluding carboxylic acids is 2. The summed E-state index contributed by atoms with van der Waals surface area (Å²) in [6, 6.07) is 20.6. The number of fused-ring (bicyclic) bond motifs is 1. The number of nitrogens with one attached hydrogen (secondary N) is 3. The van der Waals surface area contributed by atoms with Gasteiger partial charge in [0.1, 0.15) is 5.75 Å². The van der Waals surface area contributed by atoms with Gasteiger partial charge in [-0.2, -0.15) is 0 Å². The molecule has 3 rings (SSSR count). The lowest BCUT2D eigenvalue weighted by atomic mass is 10.0. The van der Waals surface area contributed by atoms with Crippen LogP contribution in [0, 0.1) is 5.92 Å². The molecule has 0 aliphatic rings. The SMILES string of the molecule is CC(C)COc1ccc(C(=O)NNC(=S)NC(=O)/C=C/c2cccc3ccccc23)cc1.